The maximum absolute atomic E-state index is 12.8. The van der Waals surface area contributed by atoms with Crippen molar-refractivity contribution in [3.8, 4) is 0 Å². The first-order valence-corrected chi connectivity index (χ1v) is 8.72. The molecular weight excluding hydrogens is 381 g/mol. The van der Waals surface area contributed by atoms with Gasteiger partial charge in [-0.05, 0) is 17.7 Å². The summed E-state index contributed by atoms with van der Waals surface area (Å²) in [6, 6.07) is 5.27. The zero-order valence-electron chi connectivity index (χ0n) is 11.3. The summed E-state index contributed by atoms with van der Waals surface area (Å²) in [7, 11) is -4.71. The van der Waals surface area contributed by atoms with E-state index >= 15 is 0 Å². The number of hydrogen-bond donors (Lipinski definition) is 1. The topological polar surface area (TPSA) is 91.8 Å². The molecule has 1 aromatic rings. The lowest BCUT2D eigenvalue weighted by Gasteiger charge is -2.25. The Hall–Kier alpha value is -1.48. The molecule has 0 aromatic heterocycles. The minimum absolute atomic E-state index is 0.106. The molecular formula is C13H13BrFNO5S. The van der Waals surface area contributed by atoms with Gasteiger partial charge in [-0.2, -0.15) is 8.42 Å². The summed E-state index contributed by atoms with van der Waals surface area (Å²) in [6.45, 7) is -0.106. The number of benzene rings is 1. The average molecular weight is 394 g/mol. The molecule has 1 aliphatic rings. The van der Waals surface area contributed by atoms with Crippen LogP contribution in [0.4, 0.5) is 3.89 Å². The number of carbonyl (C=O) groups is 2. The number of aliphatic carboxylic acids is 1. The lowest BCUT2D eigenvalue weighted by atomic mass is 10.1. The Kier molecular flexibility index (Phi) is 4.86. The Labute approximate surface area is 135 Å². The second kappa shape index (κ2) is 6.33. The van der Waals surface area contributed by atoms with E-state index in [2.05, 4.69) is 15.9 Å². The third kappa shape index (κ3) is 4.04. The fraction of sp³-hybridized carbons (Fsp3) is 0.385. The molecule has 2 rings (SSSR count). The highest BCUT2D eigenvalue weighted by Gasteiger charge is 2.40. The van der Waals surface area contributed by atoms with Gasteiger partial charge in [-0.1, -0.05) is 28.1 Å². The van der Waals surface area contributed by atoms with Crippen molar-refractivity contribution in [1.29, 1.82) is 0 Å². The van der Waals surface area contributed by atoms with Gasteiger partial charge < -0.3 is 10.0 Å². The first-order valence-electron chi connectivity index (χ1n) is 6.37. The number of carboxylic acids is 1. The second-order valence-electron chi connectivity index (χ2n) is 5.12. The number of carboxylic acid groups (broad SMARTS) is 1. The molecule has 22 heavy (non-hydrogen) atoms. The molecule has 0 spiro atoms. The number of carbonyl (C=O) groups excluding carboxylic acids is 1. The molecule has 2 unspecified atom stereocenters. The largest absolute Gasteiger partial charge is 0.479 e. The Balaban J connectivity index is 2.27. The van der Waals surface area contributed by atoms with E-state index in [0.717, 1.165) is 4.90 Å². The minimum Gasteiger partial charge on any atom is -0.479 e. The molecule has 1 saturated heterocycles. The van der Waals surface area contributed by atoms with E-state index in [0.29, 0.717) is 10.0 Å². The van der Waals surface area contributed by atoms with Gasteiger partial charge in [0.05, 0.1) is 5.75 Å². The van der Waals surface area contributed by atoms with Crippen molar-refractivity contribution in [1.82, 2.24) is 4.90 Å². The van der Waals surface area contributed by atoms with Crippen LogP contribution >= 0.6 is 15.9 Å². The molecule has 1 amide bonds. The molecule has 6 nitrogen and oxygen atoms in total. The number of hydrogen-bond acceptors (Lipinski definition) is 4. The first-order chi connectivity index (χ1) is 10.2. The Morgan fingerprint density at radius 3 is 2.73 bits per heavy atom. The molecule has 1 aliphatic heterocycles. The summed E-state index contributed by atoms with van der Waals surface area (Å²) in [6.07, 6.45) is -0.180. The maximum atomic E-state index is 12.8. The summed E-state index contributed by atoms with van der Waals surface area (Å²) in [5, 5.41) is 9.41. The van der Waals surface area contributed by atoms with Crippen LogP contribution in [0.2, 0.25) is 0 Å². The van der Waals surface area contributed by atoms with Crippen LogP contribution in [0.1, 0.15) is 18.0 Å². The molecule has 1 fully saturated rings. The first kappa shape index (κ1) is 16.9. The quantitative estimate of drug-likeness (QED) is 0.768. The highest BCUT2D eigenvalue weighted by Crippen LogP contribution is 2.31. The standard InChI is InChI=1S/C13H13BrFNO5S/c14-10-3-1-2-9(5-10)12(13(18)19)16-6-8(4-11(16)17)7-22(15,20)21/h1-3,5,8,12H,4,6-7H2,(H,18,19). The number of amides is 1. The lowest BCUT2D eigenvalue weighted by molar-refractivity contribution is -0.148. The van der Waals surface area contributed by atoms with Crippen LogP contribution in [0, 0.1) is 5.92 Å². The van der Waals surface area contributed by atoms with E-state index in [1.807, 2.05) is 0 Å². The zero-order chi connectivity index (χ0) is 16.5. The fourth-order valence-corrected chi connectivity index (χ4v) is 3.79. The number of likely N-dealkylation sites (tertiary alicyclic amines) is 1. The van der Waals surface area contributed by atoms with Crippen molar-refractivity contribution in [3.05, 3.63) is 34.3 Å². The third-order valence-electron chi connectivity index (χ3n) is 3.38. The van der Waals surface area contributed by atoms with E-state index in [1.54, 1.807) is 24.3 Å². The Bertz CT molecular complexity index is 708. The summed E-state index contributed by atoms with van der Waals surface area (Å²) >= 11 is 3.23. The van der Waals surface area contributed by atoms with Crippen LogP contribution in [0.15, 0.2) is 28.7 Å². The average Bonchev–Trinajstić information content (AvgIpc) is 2.67. The highest BCUT2D eigenvalue weighted by molar-refractivity contribution is 9.10. The van der Waals surface area contributed by atoms with Gasteiger partial charge in [0.2, 0.25) is 5.91 Å². The van der Waals surface area contributed by atoms with E-state index in [-0.39, 0.29) is 13.0 Å². The van der Waals surface area contributed by atoms with Crippen molar-refractivity contribution < 1.29 is 27.0 Å². The van der Waals surface area contributed by atoms with E-state index < -0.39 is 39.8 Å². The number of halogens is 2. The van der Waals surface area contributed by atoms with Gasteiger partial charge in [0.25, 0.3) is 0 Å². The van der Waals surface area contributed by atoms with Crippen LogP contribution in [0.25, 0.3) is 0 Å². The molecule has 1 heterocycles. The second-order valence-corrected chi connectivity index (χ2v) is 7.44. The smallest absolute Gasteiger partial charge is 0.331 e. The van der Waals surface area contributed by atoms with Gasteiger partial charge in [-0.25, -0.2) is 4.79 Å². The fourth-order valence-electron chi connectivity index (χ4n) is 2.58. The van der Waals surface area contributed by atoms with Crippen LogP contribution in [0.3, 0.4) is 0 Å². The van der Waals surface area contributed by atoms with Crippen molar-refractivity contribution in [2.45, 2.75) is 12.5 Å². The molecule has 0 radical (unpaired) electrons. The van der Waals surface area contributed by atoms with Gasteiger partial charge in [0.1, 0.15) is 0 Å². The summed E-state index contributed by atoms with van der Waals surface area (Å²) in [5.74, 6) is -3.24. The van der Waals surface area contributed by atoms with Crippen LogP contribution in [-0.4, -0.2) is 42.6 Å². The molecule has 0 aliphatic carbocycles. The van der Waals surface area contributed by atoms with E-state index in [1.165, 1.54) is 0 Å². The highest BCUT2D eigenvalue weighted by atomic mass is 79.9. The van der Waals surface area contributed by atoms with Crippen LogP contribution < -0.4 is 0 Å². The third-order valence-corrected chi connectivity index (χ3v) is 4.75. The van der Waals surface area contributed by atoms with Crippen molar-refractivity contribution in [3.63, 3.8) is 0 Å². The van der Waals surface area contributed by atoms with Crippen LogP contribution in [0.5, 0.6) is 0 Å². The Morgan fingerprint density at radius 2 is 2.18 bits per heavy atom. The predicted molar refractivity (Wildman–Crippen MR) is 79.2 cm³/mol. The Morgan fingerprint density at radius 1 is 1.50 bits per heavy atom. The molecule has 2 atom stereocenters. The molecule has 9 heteroatoms. The van der Waals surface area contributed by atoms with E-state index in [4.69, 9.17) is 0 Å². The zero-order valence-corrected chi connectivity index (χ0v) is 13.7. The molecule has 0 bridgehead atoms. The van der Waals surface area contributed by atoms with Gasteiger partial charge in [-0.3, -0.25) is 4.79 Å². The normalized spacial score (nSPS) is 20.2. The van der Waals surface area contributed by atoms with E-state index in [9.17, 15) is 27.0 Å². The van der Waals surface area contributed by atoms with Gasteiger partial charge in [0, 0.05) is 23.4 Å². The van der Waals surface area contributed by atoms with Crippen LogP contribution in [-0.2, 0) is 19.8 Å². The van der Waals surface area contributed by atoms with Crippen molar-refractivity contribution in [2.75, 3.05) is 12.3 Å². The van der Waals surface area contributed by atoms with Gasteiger partial charge in [0.15, 0.2) is 6.04 Å². The SMILES string of the molecule is O=C(O)C(c1cccc(Br)c1)N1CC(CS(=O)(=O)F)CC1=O. The molecule has 0 saturated carbocycles. The molecule has 1 aromatic carbocycles. The van der Waals surface area contributed by atoms with Gasteiger partial charge in [-0.15, -0.1) is 3.89 Å². The predicted octanol–water partition coefficient (Wildman–Crippen LogP) is 1.72. The summed E-state index contributed by atoms with van der Waals surface area (Å²) in [5.41, 5.74) is 0.388. The van der Waals surface area contributed by atoms with Crippen molar-refractivity contribution in [2.24, 2.45) is 5.92 Å². The lowest BCUT2D eigenvalue weighted by Crippen LogP contribution is -2.35. The van der Waals surface area contributed by atoms with Crippen molar-refractivity contribution >= 4 is 38.0 Å². The summed E-state index contributed by atoms with van der Waals surface area (Å²) < 4.78 is 34.8. The van der Waals surface area contributed by atoms with Gasteiger partial charge >= 0.3 is 16.2 Å². The molecule has 1 N–H and O–H groups in total. The number of rotatable bonds is 5. The number of nitrogens with zero attached hydrogens (tertiary/aromatic N) is 1. The summed E-state index contributed by atoms with van der Waals surface area (Å²) in [4.78, 5) is 24.6. The maximum Gasteiger partial charge on any atom is 0.331 e. The minimum atomic E-state index is -4.71. The monoisotopic (exact) mass is 393 g/mol. The molecule has 120 valence electrons.